The SMILES string of the molecule is C#Cc1nc(C)c2[nH]c3ccc(OCc4ccccc4)cc3c2c1OC. The van der Waals surface area contributed by atoms with Gasteiger partial charge in [0.1, 0.15) is 12.4 Å². The van der Waals surface area contributed by atoms with Crippen LogP contribution in [0.4, 0.5) is 0 Å². The second kappa shape index (κ2) is 6.45. The fraction of sp³-hybridized carbons (Fsp3) is 0.136. The second-order valence-electron chi connectivity index (χ2n) is 6.08. The molecule has 4 heteroatoms. The van der Waals surface area contributed by atoms with Gasteiger partial charge in [0.05, 0.1) is 23.7 Å². The van der Waals surface area contributed by atoms with E-state index in [9.17, 15) is 0 Å². The molecule has 0 aliphatic heterocycles. The van der Waals surface area contributed by atoms with E-state index >= 15 is 0 Å². The summed E-state index contributed by atoms with van der Waals surface area (Å²) in [4.78, 5) is 7.87. The quantitative estimate of drug-likeness (QED) is 0.552. The van der Waals surface area contributed by atoms with Crippen molar-refractivity contribution in [1.29, 1.82) is 0 Å². The summed E-state index contributed by atoms with van der Waals surface area (Å²) >= 11 is 0. The standard InChI is InChI=1S/C22H18N2O2/c1-4-18-22(25-3)20-17-12-16(26-13-15-8-6-5-7-9-15)10-11-19(17)24-21(20)14(2)23-18/h1,5-12,24H,13H2,2-3H3. The van der Waals surface area contributed by atoms with Crippen LogP contribution in [0.5, 0.6) is 11.5 Å². The maximum Gasteiger partial charge on any atom is 0.163 e. The van der Waals surface area contributed by atoms with Crippen LogP contribution in [0.3, 0.4) is 0 Å². The van der Waals surface area contributed by atoms with E-state index in [4.69, 9.17) is 15.9 Å². The van der Waals surface area contributed by atoms with Gasteiger partial charge in [-0.05, 0) is 36.6 Å². The summed E-state index contributed by atoms with van der Waals surface area (Å²) in [5.74, 6) is 4.02. The van der Waals surface area contributed by atoms with Gasteiger partial charge in [0.2, 0.25) is 0 Å². The van der Waals surface area contributed by atoms with Crippen LogP contribution >= 0.6 is 0 Å². The smallest absolute Gasteiger partial charge is 0.163 e. The van der Waals surface area contributed by atoms with Gasteiger partial charge in [-0.1, -0.05) is 30.3 Å². The number of fused-ring (bicyclic) bond motifs is 3. The van der Waals surface area contributed by atoms with Gasteiger partial charge >= 0.3 is 0 Å². The van der Waals surface area contributed by atoms with Crippen molar-refractivity contribution in [1.82, 2.24) is 9.97 Å². The molecule has 0 fully saturated rings. The Kier molecular flexibility index (Phi) is 3.98. The van der Waals surface area contributed by atoms with Crippen molar-refractivity contribution in [2.75, 3.05) is 7.11 Å². The average molecular weight is 342 g/mol. The Hall–Kier alpha value is -3.45. The average Bonchev–Trinajstić information content (AvgIpc) is 3.06. The van der Waals surface area contributed by atoms with E-state index in [1.807, 2.05) is 55.5 Å². The highest BCUT2D eigenvalue weighted by molar-refractivity contribution is 6.12. The third kappa shape index (κ3) is 2.64. The summed E-state index contributed by atoms with van der Waals surface area (Å²) in [6.45, 7) is 2.45. The van der Waals surface area contributed by atoms with E-state index < -0.39 is 0 Å². The van der Waals surface area contributed by atoms with E-state index in [-0.39, 0.29) is 0 Å². The summed E-state index contributed by atoms with van der Waals surface area (Å²) in [6, 6.07) is 16.1. The molecule has 0 amide bonds. The Morgan fingerprint density at radius 1 is 1.15 bits per heavy atom. The number of aromatic amines is 1. The molecule has 26 heavy (non-hydrogen) atoms. The van der Waals surface area contributed by atoms with Gasteiger partial charge in [-0.25, -0.2) is 4.98 Å². The molecule has 0 spiro atoms. The molecule has 2 aromatic carbocycles. The van der Waals surface area contributed by atoms with Crippen LogP contribution < -0.4 is 9.47 Å². The molecule has 0 aliphatic rings. The highest BCUT2D eigenvalue weighted by Crippen LogP contribution is 2.37. The maximum absolute atomic E-state index is 5.97. The lowest BCUT2D eigenvalue weighted by atomic mass is 10.1. The van der Waals surface area contributed by atoms with Crippen molar-refractivity contribution in [3.8, 4) is 23.8 Å². The third-order valence-corrected chi connectivity index (χ3v) is 4.44. The van der Waals surface area contributed by atoms with Crippen molar-refractivity contribution in [3.63, 3.8) is 0 Å². The second-order valence-corrected chi connectivity index (χ2v) is 6.08. The Bertz CT molecular complexity index is 1140. The Morgan fingerprint density at radius 3 is 2.69 bits per heavy atom. The maximum atomic E-state index is 5.97. The summed E-state index contributed by atoms with van der Waals surface area (Å²) in [5.41, 5.74) is 4.39. The number of rotatable bonds is 4. The first-order valence-electron chi connectivity index (χ1n) is 8.34. The Balaban J connectivity index is 1.83. The van der Waals surface area contributed by atoms with E-state index in [0.29, 0.717) is 18.1 Å². The van der Waals surface area contributed by atoms with Crippen LogP contribution in [0.2, 0.25) is 0 Å². The molecular formula is C22H18N2O2. The summed E-state index contributed by atoms with van der Waals surface area (Å²) in [6.07, 6.45) is 5.61. The molecule has 128 valence electrons. The normalized spacial score (nSPS) is 10.8. The third-order valence-electron chi connectivity index (χ3n) is 4.44. The molecular weight excluding hydrogens is 324 g/mol. The van der Waals surface area contributed by atoms with Gasteiger partial charge in [0.15, 0.2) is 11.4 Å². The monoisotopic (exact) mass is 342 g/mol. The van der Waals surface area contributed by atoms with E-state index in [1.165, 1.54) is 0 Å². The first-order valence-corrected chi connectivity index (χ1v) is 8.34. The Labute approximate surface area is 151 Å². The van der Waals surface area contributed by atoms with Gasteiger partial charge in [-0.3, -0.25) is 0 Å². The zero-order chi connectivity index (χ0) is 18.1. The molecule has 0 bridgehead atoms. The number of aryl methyl sites for hydroxylation is 1. The van der Waals surface area contributed by atoms with E-state index in [1.54, 1.807) is 7.11 Å². The molecule has 0 aliphatic carbocycles. The lowest BCUT2D eigenvalue weighted by molar-refractivity contribution is 0.306. The highest BCUT2D eigenvalue weighted by Gasteiger charge is 2.17. The molecule has 2 heterocycles. The minimum Gasteiger partial charge on any atom is -0.493 e. The number of nitrogens with zero attached hydrogens (tertiary/aromatic N) is 1. The van der Waals surface area contributed by atoms with Crippen molar-refractivity contribution in [2.24, 2.45) is 0 Å². The van der Waals surface area contributed by atoms with E-state index in [0.717, 1.165) is 38.8 Å². The number of ether oxygens (including phenoxy) is 2. The summed E-state index contributed by atoms with van der Waals surface area (Å²) in [7, 11) is 1.61. The van der Waals surface area contributed by atoms with Gasteiger partial charge in [-0.2, -0.15) is 0 Å². The van der Waals surface area contributed by atoms with Gasteiger partial charge in [-0.15, -0.1) is 6.42 Å². The Morgan fingerprint density at radius 2 is 1.96 bits per heavy atom. The number of H-pyrrole nitrogens is 1. The van der Waals surface area contributed by atoms with Crippen LogP contribution in [0.15, 0.2) is 48.5 Å². The summed E-state index contributed by atoms with van der Waals surface area (Å²) in [5, 5.41) is 1.94. The lowest BCUT2D eigenvalue weighted by Gasteiger charge is -2.08. The molecule has 0 atom stereocenters. The minimum absolute atomic E-state index is 0.508. The molecule has 1 N–H and O–H groups in total. The predicted molar refractivity (Wildman–Crippen MR) is 104 cm³/mol. The van der Waals surface area contributed by atoms with Crippen LogP contribution in [0.25, 0.3) is 21.8 Å². The van der Waals surface area contributed by atoms with Crippen molar-refractivity contribution in [2.45, 2.75) is 13.5 Å². The van der Waals surface area contributed by atoms with Crippen LogP contribution in [-0.2, 0) is 6.61 Å². The van der Waals surface area contributed by atoms with Gasteiger partial charge in [0.25, 0.3) is 0 Å². The van der Waals surface area contributed by atoms with Gasteiger partial charge in [0, 0.05) is 10.9 Å². The topological polar surface area (TPSA) is 47.1 Å². The minimum atomic E-state index is 0.508. The number of pyridine rings is 1. The first kappa shape index (κ1) is 16.0. The van der Waals surface area contributed by atoms with Gasteiger partial charge < -0.3 is 14.5 Å². The number of methoxy groups -OCH3 is 1. The number of aromatic nitrogens is 2. The molecule has 0 unspecified atom stereocenters. The van der Waals surface area contributed by atoms with Crippen LogP contribution in [-0.4, -0.2) is 17.1 Å². The number of terminal acetylenes is 1. The predicted octanol–water partition coefficient (Wildman–Crippen LogP) is 4.59. The number of hydrogen-bond acceptors (Lipinski definition) is 3. The molecule has 0 saturated carbocycles. The van der Waals surface area contributed by atoms with Crippen LogP contribution in [0, 0.1) is 19.3 Å². The number of nitrogens with one attached hydrogen (secondary N) is 1. The van der Waals surface area contributed by atoms with E-state index in [2.05, 4.69) is 15.9 Å². The fourth-order valence-electron chi connectivity index (χ4n) is 3.20. The molecule has 0 saturated heterocycles. The zero-order valence-corrected chi connectivity index (χ0v) is 14.7. The molecule has 4 aromatic rings. The van der Waals surface area contributed by atoms with Crippen LogP contribution in [0.1, 0.15) is 17.0 Å². The summed E-state index contributed by atoms with van der Waals surface area (Å²) < 4.78 is 11.5. The lowest BCUT2D eigenvalue weighted by Crippen LogP contribution is -1.96. The zero-order valence-electron chi connectivity index (χ0n) is 14.7. The molecule has 4 nitrogen and oxygen atoms in total. The molecule has 2 aromatic heterocycles. The first-order chi connectivity index (χ1) is 12.7. The molecule has 4 rings (SSSR count). The molecule has 0 radical (unpaired) electrons. The highest BCUT2D eigenvalue weighted by atomic mass is 16.5. The fourth-order valence-corrected chi connectivity index (χ4v) is 3.20. The largest absolute Gasteiger partial charge is 0.493 e. The van der Waals surface area contributed by atoms with Crippen molar-refractivity contribution < 1.29 is 9.47 Å². The van der Waals surface area contributed by atoms with Crippen molar-refractivity contribution >= 4 is 21.8 Å². The van der Waals surface area contributed by atoms with Crippen molar-refractivity contribution in [3.05, 3.63) is 65.5 Å². The number of benzene rings is 2. The number of hydrogen-bond donors (Lipinski definition) is 1.